The molecule has 0 aromatic carbocycles. The largest absolute Gasteiger partial charge is 0.481 e. The summed E-state index contributed by atoms with van der Waals surface area (Å²) in [5.74, 6) is -0.690. The maximum Gasteiger partial charge on any atom is 0.304 e. The van der Waals surface area contributed by atoms with Gasteiger partial charge in [0.05, 0.1) is 17.8 Å². The molecule has 0 saturated heterocycles. The third kappa shape index (κ3) is 1.30. The maximum absolute atomic E-state index is 10.5. The van der Waals surface area contributed by atoms with Crippen molar-refractivity contribution in [2.45, 2.75) is 25.2 Å². The SMILES string of the molecule is Cn1nnc2c1CCC2CC(=O)O. The highest BCUT2D eigenvalue weighted by molar-refractivity contribution is 5.68. The van der Waals surface area contributed by atoms with E-state index in [9.17, 15) is 4.79 Å². The Morgan fingerprint density at radius 3 is 3.23 bits per heavy atom. The van der Waals surface area contributed by atoms with E-state index in [-0.39, 0.29) is 12.3 Å². The van der Waals surface area contributed by atoms with Gasteiger partial charge in [0.1, 0.15) is 0 Å². The monoisotopic (exact) mass is 181 g/mol. The van der Waals surface area contributed by atoms with Crippen LogP contribution in [0.15, 0.2) is 0 Å². The Morgan fingerprint density at radius 2 is 2.54 bits per heavy atom. The van der Waals surface area contributed by atoms with Gasteiger partial charge >= 0.3 is 5.97 Å². The molecule has 0 spiro atoms. The predicted octanol–water partition coefficient (Wildman–Crippen LogP) is 0.320. The van der Waals surface area contributed by atoms with Gasteiger partial charge in [0.25, 0.3) is 0 Å². The molecule has 5 nitrogen and oxygen atoms in total. The van der Waals surface area contributed by atoms with Gasteiger partial charge in [-0.2, -0.15) is 0 Å². The van der Waals surface area contributed by atoms with Crippen LogP contribution >= 0.6 is 0 Å². The fraction of sp³-hybridized carbons (Fsp3) is 0.625. The van der Waals surface area contributed by atoms with Crippen LogP contribution in [0.1, 0.15) is 30.1 Å². The molecule has 1 aromatic rings. The molecule has 1 aliphatic carbocycles. The number of aliphatic carboxylic acids is 1. The number of hydrogen-bond donors (Lipinski definition) is 1. The first kappa shape index (κ1) is 8.22. The van der Waals surface area contributed by atoms with Crippen molar-refractivity contribution in [3.05, 3.63) is 11.4 Å². The lowest BCUT2D eigenvalue weighted by molar-refractivity contribution is -0.137. The van der Waals surface area contributed by atoms with Crippen LogP contribution in [0, 0.1) is 0 Å². The van der Waals surface area contributed by atoms with Gasteiger partial charge < -0.3 is 5.11 Å². The van der Waals surface area contributed by atoms with E-state index in [0.717, 1.165) is 24.2 Å². The second kappa shape index (κ2) is 2.83. The zero-order chi connectivity index (χ0) is 9.42. The van der Waals surface area contributed by atoms with Crippen LogP contribution in [0.2, 0.25) is 0 Å². The first-order valence-corrected chi connectivity index (χ1v) is 4.28. The second-order valence-corrected chi connectivity index (χ2v) is 3.38. The molecule has 0 aliphatic heterocycles. The summed E-state index contributed by atoms with van der Waals surface area (Å²) in [5.41, 5.74) is 1.97. The number of carboxylic acids is 1. The number of hydrogen-bond acceptors (Lipinski definition) is 3. The minimum Gasteiger partial charge on any atom is -0.481 e. The first-order chi connectivity index (χ1) is 6.18. The van der Waals surface area contributed by atoms with Crippen molar-refractivity contribution in [2.24, 2.45) is 7.05 Å². The summed E-state index contributed by atoms with van der Waals surface area (Å²) in [7, 11) is 1.84. The van der Waals surface area contributed by atoms with Crippen LogP contribution in [0.4, 0.5) is 0 Å². The van der Waals surface area contributed by atoms with Gasteiger partial charge in [0.15, 0.2) is 0 Å². The summed E-state index contributed by atoms with van der Waals surface area (Å²) in [6.07, 6.45) is 1.96. The van der Waals surface area contributed by atoms with Crippen molar-refractivity contribution in [3.8, 4) is 0 Å². The Hall–Kier alpha value is -1.39. The van der Waals surface area contributed by atoms with Gasteiger partial charge in [0.2, 0.25) is 0 Å². The van der Waals surface area contributed by atoms with E-state index in [2.05, 4.69) is 10.3 Å². The van der Waals surface area contributed by atoms with Crippen LogP contribution < -0.4 is 0 Å². The van der Waals surface area contributed by atoms with Crippen LogP contribution in [-0.4, -0.2) is 26.1 Å². The highest BCUT2D eigenvalue weighted by Crippen LogP contribution is 2.32. The third-order valence-corrected chi connectivity index (χ3v) is 2.51. The van der Waals surface area contributed by atoms with E-state index in [1.807, 2.05) is 7.05 Å². The molecule has 70 valence electrons. The topological polar surface area (TPSA) is 68.0 Å². The molecular weight excluding hydrogens is 170 g/mol. The Morgan fingerprint density at radius 1 is 1.77 bits per heavy atom. The van der Waals surface area contributed by atoms with Crippen molar-refractivity contribution in [3.63, 3.8) is 0 Å². The average molecular weight is 181 g/mol. The van der Waals surface area contributed by atoms with Gasteiger partial charge in [-0.3, -0.25) is 9.48 Å². The summed E-state index contributed by atoms with van der Waals surface area (Å²) in [4.78, 5) is 10.5. The molecule has 1 N–H and O–H groups in total. The van der Waals surface area contributed by atoms with Gasteiger partial charge in [-0.1, -0.05) is 5.21 Å². The first-order valence-electron chi connectivity index (χ1n) is 4.28. The lowest BCUT2D eigenvalue weighted by atomic mass is 10.0. The molecule has 1 unspecified atom stereocenters. The van der Waals surface area contributed by atoms with E-state index >= 15 is 0 Å². The van der Waals surface area contributed by atoms with Gasteiger partial charge in [-0.15, -0.1) is 5.10 Å². The van der Waals surface area contributed by atoms with Crippen molar-refractivity contribution >= 4 is 5.97 Å². The predicted molar refractivity (Wildman–Crippen MR) is 44.3 cm³/mol. The molecule has 5 heteroatoms. The number of aryl methyl sites for hydroxylation is 1. The summed E-state index contributed by atoms with van der Waals surface area (Å²) in [5, 5.41) is 16.5. The quantitative estimate of drug-likeness (QED) is 0.713. The molecule has 1 aromatic heterocycles. The summed E-state index contributed by atoms with van der Waals surface area (Å²) < 4.78 is 1.73. The number of carbonyl (C=O) groups is 1. The zero-order valence-corrected chi connectivity index (χ0v) is 7.40. The van der Waals surface area contributed by atoms with Crippen molar-refractivity contribution < 1.29 is 9.90 Å². The molecule has 0 amide bonds. The van der Waals surface area contributed by atoms with Crippen LogP contribution in [-0.2, 0) is 18.3 Å². The zero-order valence-electron chi connectivity index (χ0n) is 7.40. The highest BCUT2D eigenvalue weighted by atomic mass is 16.4. The normalized spacial score (nSPS) is 20.2. The summed E-state index contributed by atoms with van der Waals surface area (Å²) >= 11 is 0. The molecule has 0 bridgehead atoms. The van der Waals surface area contributed by atoms with E-state index in [4.69, 9.17) is 5.11 Å². The highest BCUT2D eigenvalue weighted by Gasteiger charge is 2.29. The molecule has 0 saturated carbocycles. The van der Waals surface area contributed by atoms with Gasteiger partial charge in [-0.25, -0.2) is 0 Å². The second-order valence-electron chi connectivity index (χ2n) is 3.38. The molecule has 2 rings (SSSR count). The van der Waals surface area contributed by atoms with E-state index in [1.54, 1.807) is 4.68 Å². The minimum atomic E-state index is -0.761. The number of rotatable bonds is 2. The van der Waals surface area contributed by atoms with Crippen LogP contribution in [0.3, 0.4) is 0 Å². The lowest BCUT2D eigenvalue weighted by Crippen LogP contribution is -2.03. The molecule has 1 atom stereocenters. The summed E-state index contributed by atoms with van der Waals surface area (Å²) in [6, 6.07) is 0. The number of fused-ring (bicyclic) bond motifs is 1. The minimum absolute atomic E-state index is 0.0706. The van der Waals surface area contributed by atoms with Crippen molar-refractivity contribution in [1.82, 2.24) is 15.0 Å². The third-order valence-electron chi connectivity index (χ3n) is 2.51. The van der Waals surface area contributed by atoms with Crippen LogP contribution in [0.5, 0.6) is 0 Å². The van der Waals surface area contributed by atoms with E-state index < -0.39 is 5.97 Å². The molecule has 0 radical (unpaired) electrons. The molecule has 1 heterocycles. The van der Waals surface area contributed by atoms with Crippen molar-refractivity contribution in [1.29, 1.82) is 0 Å². The Labute approximate surface area is 75.4 Å². The smallest absolute Gasteiger partial charge is 0.304 e. The average Bonchev–Trinajstić information content (AvgIpc) is 2.56. The maximum atomic E-state index is 10.5. The Bertz CT molecular complexity index is 345. The molecule has 1 aliphatic rings. The van der Waals surface area contributed by atoms with E-state index in [0.29, 0.717) is 0 Å². The van der Waals surface area contributed by atoms with Crippen molar-refractivity contribution in [2.75, 3.05) is 0 Å². The lowest BCUT2D eigenvalue weighted by Gasteiger charge is -2.02. The summed E-state index contributed by atoms with van der Waals surface area (Å²) in [6.45, 7) is 0. The fourth-order valence-electron chi connectivity index (χ4n) is 1.86. The van der Waals surface area contributed by atoms with E-state index in [1.165, 1.54) is 0 Å². The fourth-order valence-corrected chi connectivity index (χ4v) is 1.86. The molecule has 13 heavy (non-hydrogen) atoms. The van der Waals surface area contributed by atoms with Crippen LogP contribution in [0.25, 0.3) is 0 Å². The molecule has 0 fully saturated rings. The number of nitrogens with zero attached hydrogens (tertiary/aromatic N) is 3. The number of carboxylic acid groups (broad SMARTS) is 1. The standard InChI is InChI=1S/C8H11N3O2/c1-11-6-3-2-5(4-7(12)13)8(6)9-10-11/h5H,2-4H2,1H3,(H,12,13). The Kier molecular flexibility index (Phi) is 1.79. The van der Waals surface area contributed by atoms with Gasteiger partial charge in [-0.05, 0) is 12.8 Å². The molecular formula is C8H11N3O2. The number of aromatic nitrogens is 3. The Balaban J connectivity index is 2.23. The van der Waals surface area contributed by atoms with Gasteiger partial charge in [0, 0.05) is 13.0 Å².